The summed E-state index contributed by atoms with van der Waals surface area (Å²) in [7, 11) is 0. The highest BCUT2D eigenvalue weighted by atomic mass is 16.4. The van der Waals surface area contributed by atoms with Crippen LogP contribution in [0.2, 0.25) is 0 Å². The molecule has 0 radical (unpaired) electrons. The Balaban J connectivity index is 2.14. The topological polar surface area (TPSA) is 107 Å². The van der Waals surface area contributed by atoms with Crippen LogP contribution in [-0.2, 0) is 4.79 Å². The lowest BCUT2D eigenvalue weighted by atomic mass is 9.98. The molecule has 6 heteroatoms. The zero-order chi connectivity index (χ0) is 17.0. The summed E-state index contributed by atoms with van der Waals surface area (Å²) in [6, 6.07) is 9.79. The molecule has 0 fully saturated rings. The van der Waals surface area contributed by atoms with Gasteiger partial charge in [-0.1, -0.05) is 18.2 Å². The van der Waals surface area contributed by atoms with Crippen molar-refractivity contribution < 1.29 is 24.9 Å². The van der Waals surface area contributed by atoms with Crippen LogP contribution in [0.4, 0.5) is 0 Å². The first kappa shape index (κ1) is 16.9. The van der Waals surface area contributed by atoms with Crippen molar-refractivity contribution in [3.63, 3.8) is 0 Å². The molecule has 0 aliphatic heterocycles. The number of nitrogens with one attached hydrogen (secondary N) is 1. The third-order valence-electron chi connectivity index (χ3n) is 3.63. The summed E-state index contributed by atoms with van der Waals surface area (Å²) in [5.41, 5.74) is 0.733. The van der Waals surface area contributed by atoms with Crippen molar-refractivity contribution in [3.05, 3.63) is 47.5 Å². The third kappa shape index (κ3) is 4.28. The van der Waals surface area contributed by atoms with E-state index in [2.05, 4.69) is 5.32 Å². The van der Waals surface area contributed by atoms with Crippen molar-refractivity contribution in [1.82, 2.24) is 5.32 Å². The summed E-state index contributed by atoms with van der Waals surface area (Å²) in [4.78, 5) is 21.7. The molecular weight excluding hydrogens is 298 g/mol. The van der Waals surface area contributed by atoms with Gasteiger partial charge in [0.25, 0.3) is 0 Å². The number of aliphatic hydroxyl groups excluding tert-OH is 2. The fourth-order valence-corrected chi connectivity index (χ4v) is 2.36. The Morgan fingerprint density at radius 1 is 1.09 bits per heavy atom. The van der Waals surface area contributed by atoms with E-state index >= 15 is 0 Å². The van der Waals surface area contributed by atoms with Gasteiger partial charge in [-0.3, -0.25) is 4.79 Å². The molecule has 2 rings (SSSR count). The zero-order valence-corrected chi connectivity index (χ0v) is 12.7. The molecule has 2 aromatic carbocycles. The number of benzene rings is 2. The minimum Gasteiger partial charge on any atom is -0.478 e. The molecule has 0 aliphatic rings. The number of carbonyl (C=O) groups is 2. The van der Waals surface area contributed by atoms with Crippen LogP contribution in [-0.4, -0.2) is 39.8 Å². The normalized spacial score (nSPS) is 13.5. The van der Waals surface area contributed by atoms with Crippen LogP contribution in [0.5, 0.6) is 0 Å². The average molecular weight is 317 g/mol. The largest absolute Gasteiger partial charge is 0.478 e. The Morgan fingerprint density at radius 2 is 1.74 bits per heavy atom. The fraction of sp³-hybridized carbons (Fsp3) is 0.294. The van der Waals surface area contributed by atoms with Crippen LogP contribution in [0.25, 0.3) is 10.8 Å². The van der Waals surface area contributed by atoms with Gasteiger partial charge in [0, 0.05) is 13.5 Å². The molecule has 6 nitrogen and oxygen atoms in total. The summed E-state index contributed by atoms with van der Waals surface area (Å²) < 4.78 is 0. The van der Waals surface area contributed by atoms with E-state index in [9.17, 15) is 19.8 Å². The zero-order valence-electron chi connectivity index (χ0n) is 12.7. The summed E-state index contributed by atoms with van der Waals surface area (Å²) in [6.45, 7) is 1.67. The van der Waals surface area contributed by atoms with Crippen LogP contribution in [0.3, 0.4) is 0 Å². The number of fused-ring (bicyclic) bond motifs is 1. The van der Waals surface area contributed by atoms with Gasteiger partial charge in [0.1, 0.15) is 6.10 Å². The van der Waals surface area contributed by atoms with E-state index in [1.54, 1.807) is 30.3 Å². The number of carbonyl (C=O) groups excluding carboxylic acids is 1. The van der Waals surface area contributed by atoms with Crippen LogP contribution in [0.1, 0.15) is 35.4 Å². The number of carboxylic acids is 1. The number of hydrogen-bond donors (Lipinski definition) is 4. The van der Waals surface area contributed by atoms with Crippen LogP contribution < -0.4 is 5.32 Å². The van der Waals surface area contributed by atoms with Gasteiger partial charge >= 0.3 is 5.97 Å². The monoisotopic (exact) mass is 317 g/mol. The number of hydrogen-bond acceptors (Lipinski definition) is 4. The van der Waals surface area contributed by atoms with Gasteiger partial charge in [-0.05, 0) is 41.0 Å². The number of carboxylic acid groups (broad SMARTS) is 1. The predicted octanol–water partition coefficient (Wildman–Crippen LogP) is 1.46. The van der Waals surface area contributed by atoms with Crippen molar-refractivity contribution >= 4 is 22.6 Å². The molecule has 2 unspecified atom stereocenters. The Labute approximate surface area is 133 Å². The molecule has 0 aliphatic carbocycles. The van der Waals surface area contributed by atoms with Gasteiger partial charge in [-0.25, -0.2) is 4.79 Å². The molecule has 0 aromatic heterocycles. The predicted molar refractivity (Wildman–Crippen MR) is 85.2 cm³/mol. The van der Waals surface area contributed by atoms with E-state index in [0.29, 0.717) is 5.56 Å². The molecule has 23 heavy (non-hydrogen) atoms. The van der Waals surface area contributed by atoms with Crippen LogP contribution in [0, 0.1) is 0 Å². The Hall–Kier alpha value is -2.44. The van der Waals surface area contributed by atoms with Crippen molar-refractivity contribution in [2.45, 2.75) is 25.6 Å². The molecule has 2 atom stereocenters. The van der Waals surface area contributed by atoms with Gasteiger partial charge < -0.3 is 20.6 Å². The molecule has 0 heterocycles. The Morgan fingerprint density at radius 3 is 2.39 bits per heavy atom. The highest BCUT2D eigenvalue weighted by molar-refractivity contribution is 5.94. The van der Waals surface area contributed by atoms with Gasteiger partial charge in [-0.15, -0.1) is 0 Å². The second-order valence-corrected chi connectivity index (χ2v) is 5.41. The first-order chi connectivity index (χ1) is 10.9. The maximum atomic E-state index is 11.0. The van der Waals surface area contributed by atoms with E-state index in [1.165, 1.54) is 13.0 Å². The van der Waals surface area contributed by atoms with Gasteiger partial charge in [0.05, 0.1) is 11.7 Å². The lowest BCUT2D eigenvalue weighted by Crippen LogP contribution is -2.27. The first-order valence-electron chi connectivity index (χ1n) is 7.26. The smallest absolute Gasteiger partial charge is 0.335 e. The molecule has 0 saturated carbocycles. The fourth-order valence-electron chi connectivity index (χ4n) is 2.36. The van der Waals surface area contributed by atoms with Gasteiger partial charge in [-0.2, -0.15) is 0 Å². The van der Waals surface area contributed by atoms with E-state index < -0.39 is 18.2 Å². The van der Waals surface area contributed by atoms with Crippen molar-refractivity contribution in [2.75, 3.05) is 6.54 Å². The maximum absolute atomic E-state index is 11.0. The second-order valence-electron chi connectivity index (χ2n) is 5.41. The van der Waals surface area contributed by atoms with Crippen molar-refractivity contribution in [3.8, 4) is 0 Å². The lowest BCUT2D eigenvalue weighted by molar-refractivity contribution is -0.119. The number of rotatable bonds is 6. The van der Waals surface area contributed by atoms with Crippen LogP contribution in [0.15, 0.2) is 36.4 Å². The highest BCUT2D eigenvalue weighted by Gasteiger charge is 2.18. The van der Waals surface area contributed by atoms with Crippen molar-refractivity contribution in [2.24, 2.45) is 0 Å². The Bertz CT molecular complexity index is 728. The standard InChI is InChI=1S/C17H19NO5/c1-10(19)18-7-6-15(20)16(21)13-4-2-12-9-14(17(22)23)5-3-11(12)8-13/h2-5,8-9,15-16,20-21H,6-7H2,1H3,(H,18,19)(H,22,23). The molecule has 2 aromatic rings. The van der Waals surface area contributed by atoms with Crippen molar-refractivity contribution in [1.29, 1.82) is 0 Å². The Kier molecular flexibility index (Phi) is 5.31. The quantitative estimate of drug-likeness (QED) is 0.645. The second kappa shape index (κ2) is 7.21. The van der Waals surface area contributed by atoms with E-state index in [-0.39, 0.29) is 24.4 Å². The van der Waals surface area contributed by atoms with Gasteiger partial charge in [0.15, 0.2) is 0 Å². The lowest BCUT2D eigenvalue weighted by Gasteiger charge is -2.18. The number of aromatic carboxylic acids is 1. The number of amides is 1. The molecule has 1 amide bonds. The molecule has 0 bridgehead atoms. The van der Waals surface area contributed by atoms with Crippen LogP contribution >= 0.6 is 0 Å². The summed E-state index contributed by atoms with van der Waals surface area (Å²) >= 11 is 0. The number of aliphatic hydroxyl groups is 2. The summed E-state index contributed by atoms with van der Waals surface area (Å²) in [5.74, 6) is -1.18. The summed E-state index contributed by atoms with van der Waals surface area (Å²) in [6.07, 6.45) is -1.85. The van der Waals surface area contributed by atoms with E-state index in [1.807, 2.05) is 0 Å². The minimum absolute atomic E-state index is 0.188. The maximum Gasteiger partial charge on any atom is 0.335 e. The van der Waals surface area contributed by atoms with E-state index in [4.69, 9.17) is 5.11 Å². The summed E-state index contributed by atoms with van der Waals surface area (Å²) in [5, 5.41) is 33.3. The molecule has 0 spiro atoms. The first-order valence-corrected chi connectivity index (χ1v) is 7.26. The molecule has 4 N–H and O–H groups in total. The molecule has 0 saturated heterocycles. The average Bonchev–Trinajstić information content (AvgIpc) is 2.52. The molecule has 122 valence electrons. The third-order valence-corrected chi connectivity index (χ3v) is 3.63. The minimum atomic E-state index is -1.08. The van der Waals surface area contributed by atoms with Gasteiger partial charge in [0.2, 0.25) is 5.91 Å². The SMILES string of the molecule is CC(=O)NCCC(O)C(O)c1ccc2cc(C(=O)O)ccc2c1. The molecular formula is C17H19NO5. The van der Waals surface area contributed by atoms with E-state index in [0.717, 1.165) is 10.8 Å². The highest BCUT2D eigenvalue weighted by Crippen LogP contribution is 2.24.